The van der Waals surface area contributed by atoms with Crippen molar-refractivity contribution in [2.24, 2.45) is 0 Å². The first-order valence-electron chi connectivity index (χ1n) is 6.61. The maximum absolute atomic E-state index is 13.2. The number of nitrogens with two attached hydrogens (primary N) is 1. The molecule has 1 aromatic heterocycles. The number of nitriles is 1. The summed E-state index contributed by atoms with van der Waals surface area (Å²) in [6.45, 7) is 3.61. The molecule has 0 spiro atoms. The number of aromatic amines is 1. The number of nitrogens with zero attached hydrogens (tertiary/aromatic N) is 1. The lowest BCUT2D eigenvalue weighted by Gasteiger charge is -2.07. The van der Waals surface area contributed by atoms with E-state index in [0.717, 1.165) is 0 Å². The molecule has 1 aromatic carbocycles. The number of halogens is 1. The number of nitrogen functional groups attached to an aromatic ring is 1. The summed E-state index contributed by atoms with van der Waals surface area (Å²) in [6, 6.07) is 8.93. The number of benzene rings is 1. The van der Waals surface area contributed by atoms with Gasteiger partial charge >= 0.3 is 0 Å². The van der Waals surface area contributed by atoms with Crippen LogP contribution in [0.2, 0.25) is 0 Å². The normalized spacial score (nSPS) is 9.91. The molecule has 4 N–H and O–H groups in total. The van der Waals surface area contributed by atoms with E-state index in [1.807, 2.05) is 6.07 Å². The van der Waals surface area contributed by atoms with Crippen LogP contribution in [0.4, 0.5) is 15.9 Å². The lowest BCUT2D eigenvalue weighted by molar-refractivity contribution is -0.410. The second-order valence-electron chi connectivity index (χ2n) is 4.52. The highest BCUT2D eigenvalue weighted by Crippen LogP contribution is 2.21. The van der Waals surface area contributed by atoms with E-state index in [4.69, 9.17) is 5.73 Å². The predicted molar refractivity (Wildman–Crippen MR) is 87.4 cm³/mol. The molecule has 0 fully saturated rings. The summed E-state index contributed by atoms with van der Waals surface area (Å²) < 4.78 is 13.2. The van der Waals surface area contributed by atoms with E-state index in [1.54, 1.807) is 12.1 Å². The van der Waals surface area contributed by atoms with Crippen LogP contribution in [0.25, 0.3) is 0 Å². The SMILES string of the molecule is C=CCSc1[nH+]c(N)c(C(=O)Nc2cccc(F)c2)cc1C#N. The van der Waals surface area contributed by atoms with Crippen LogP contribution in [0.5, 0.6) is 0 Å². The van der Waals surface area contributed by atoms with E-state index in [9.17, 15) is 14.4 Å². The third-order valence-electron chi connectivity index (χ3n) is 2.86. The van der Waals surface area contributed by atoms with Crippen molar-refractivity contribution in [3.8, 4) is 6.07 Å². The Morgan fingerprint density at radius 3 is 2.96 bits per heavy atom. The molecule has 7 heteroatoms. The van der Waals surface area contributed by atoms with Crippen LogP contribution in [-0.4, -0.2) is 11.7 Å². The van der Waals surface area contributed by atoms with E-state index in [-0.39, 0.29) is 11.4 Å². The van der Waals surface area contributed by atoms with Crippen molar-refractivity contribution in [3.63, 3.8) is 0 Å². The summed E-state index contributed by atoms with van der Waals surface area (Å²) in [4.78, 5) is 15.1. The highest BCUT2D eigenvalue weighted by atomic mass is 32.2. The van der Waals surface area contributed by atoms with E-state index in [2.05, 4.69) is 16.9 Å². The van der Waals surface area contributed by atoms with Gasteiger partial charge in [-0.2, -0.15) is 5.26 Å². The van der Waals surface area contributed by atoms with Gasteiger partial charge in [-0.15, -0.1) is 6.58 Å². The predicted octanol–water partition coefficient (Wildman–Crippen LogP) is 2.62. The number of H-pyrrole nitrogens is 1. The molecule has 1 amide bonds. The Morgan fingerprint density at radius 2 is 2.30 bits per heavy atom. The molecule has 2 aromatic rings. The molecule has 0 unspecified atom stereocenters. The minimum atomic E-state index is -0.527. The maximum atomic E-state index is 13.2. The molecule has 0 aliphatic heterocycles. The highest BCUT2D eigenvalue weighted by Gasteiger charge is 2.20. The van der Waals surface area contributed by atoms with Gasteiger partial charge < -0.3 is 5.32 Å². The number of hydrogen-bond acceptors (Lipinski definition) is 4. The van der Waals surface area contributed by atoms with Crippen molar-refractivity contribution in [3.05, 3.63) is 59.9 Å². The largest absolute Gasteiger partial charge is 0.322 e. The summed E-state index contributed by atoms with van der Waals surface area (Å²) in [6.07, 6.45) is 1.69. The molecule has 0 aliphatic carbocycles. The third-order valence-corrected chi connectivity index (χ3v) is 3.88. The molecule has 0 saturated carbocycles. The fraction of sp³-hybridized carbons (Fsp3) is 0.0625. The number of thioether (sulfide) groups is 1. The topological polar surface area (TPSA) is 93.0 Å². The minimum absolute atomic E-state index is 0.119. The fourth-order valence-corrected chi connectivity index (χ4v) is 2.56. The van der Waals surface area contributed by atoms with E-state index < -0.39 is 11.7 Å². The van der Waals surface area contributed by atoms with Crippen molar-refractivity contribution in [2.45, 2.75) is 5.03 Å². The van der Waals surface area contributed by atoms with Crippen molar-refractivity contribution >= 4 is 29.2 Å². The summed E-state index contributed by atoms with van der Waals surface area (Å²) in [5.74, 6) is -0.263. The Bertz CT molecular complexity index is 801. The van der Waals surface area contributed by atoms with Gasteiger partial charge in [-0.25, -0.2) is 9.37 Å². The zero-order valence-corrected chi connectivity index (χ0v) is 12.9. The molecule has 1 heterocycles. The number of rotatable bonds is 5. The summed E-state index contributed by atoms with van der Waals surface area (Å²) >= 11 is 1.35. The first-order valence-corrected chi connectivity index (χ1v) is 7.60. The third kappa shape index (κ3) is 4.08. The van der Waals surface area contributed by atoms with Gasteiger partial charge in [0.25, 0.3) is 11.7 Å². The molecule has 116 valence electrons. The molecule has 0 aliphatic rings. The van der Waals surface area contributed by atoms with Crippen LogP contribution in [-0.2, 0) is 0 Å². The molecule has 5 nitrogen and oxygen atoms in total. The average Bonchev–Trinajstić information content (AvgIpc) is 2.52. The molecular weight excluding hydrogens is 315 g/mol. The number of amides is 1. The van der Waals surface area contributed by atoms with Crippen LogP contribution in [0, 0.1) is 17.1 Å². The summed E-state index contributed by atoms with van der Waals surface area (Å²) in [5, 5.41) is 12.3. The molecule has 0 saturated heterocycles. The number of anilines is 2. The first kappa shape index (κ1) is 16.5. The van der Waals surface area contributed by atoms with Crippen LogP contribution < -0.4 is 16.0 Å². The second kappa shape index (κ2) is 7.42. The van der Waals surface area contributed by atoms with Gasteiger partial charge in [-0.1, -0.05) is 23.9 Å². The number of aromatic nitrogens is 1. The zero-order chi connectivity index (χ0) is 16.8. The van der Waals surface area contributed by atoms with E-state index >= 15 is 0 Å². The summed E-state index contributed by atoms with van der Waals surface area (Å²) in [7, 11) is 0. The van der Waals surface area contributed by atoms with Gasteiger partial charge in [0.15, 0.2) is 5.03 Å². The molecule has 2 rings (SSSR count). The van der Waals surface area contributed by atoms with Gasteiger partial charge in [-0.3, -0.25) is 10.5 Å². The van der Waals surface area contributed by atoms with Crippen LogP contribution >= 0.6 is 11.8 Å². The van der Waals surface area contributed by atoms with Gasteiger partial charge in [0, 0.05) is 11.4 Å². The van der Waals surface area contributed by atoms with Crippen LogP contribution in [0.15, 0.2) is 48.0 Å². The lowest BCUT2D eigenvalue weighted by Crippen LogP contribution is -2.23. The number of nitrogens with one attached hydrogen (secondary N) is 2. The van der Waals surface area contributed by atoms with Gasteiger partial charge in [0.05, 0.1) is 0 Å². The van der Waals surface area contributed by atoms with Crippen LogP contribution in [0.1, 0.15) is 15.9 Å². The number of hydrogen-bond donors (Lipinski definition) is 2. The monoisotopic (exact) mass is 329 g/mol. The fourth-order valence-electron chi connectivity index (χ4n) is 1.84. The Kier molecular flexibility index (Phi) is 5.33. The number of carbonyl (C=O) groups is 1. The molecular formula is C16H14FN4OS+. The minimum Gasteiger partial charge on any atom is -0.322 e. The zero-order valence-electron chi connectivity index (χ0n) is 12.1. The number of pyridine rings is 1. The standard InChI is InChI=1S/C16H13FN4OS/c1-2-6-23-16-10(9-18)7-13(14(19)21-16)15(22)20-12-5-3-4-11(17)8-12/h2-5,7-8H,1,6H2,(H2,19,21)(H,20,22)/p+1. The first-order chi connectivity index (χ1) is 11.0. The molecule has 23 heavy (non-hydrogen) atoms. The average molecular weight is 329 g/mol. The van der Waals surface area contributed by atoms with E-state index in [0.29, 0.717) is 22.0 Å². The second-order valence-corrected chi connectivity index (χ2v) is 5.55. The Hall–Kier alpha value is -2.85. The van der Waals surface area contributed by atoms with Crippen LogP contribution in [0.3, 0.4) is 0 Å². The lowest BCUT2D eigenvalue weighted by atomic mass is 10.2. The van der Waals surface area contributed by atoms with Crippen molar-refractivity contribution in [1.29, 1.82) is 5.26 Å². The Morgan fingerprint density at radius 1 is 1.52 bits per heavy atom. The Labute approximate surface area is 137 Å². The smallest absolute Gasteiger partial charge is 0.284 e. The van der Waals surface area contributed by atoms with E-state index in [1.165, 1.54) is 36.0 Å². The van der Waals surface area contributed by atoms with Crippen molar-refractivity contribution in [2.75, 3.05) is 16.8 Å². The molecule has 0 atom stereocenters. The van der Waals surface area contributed by atoms with Gasteiger partial charge in [0.1, 0.15) is 23.0 Å². The molecule has 0 bridgehead atoms. The van der Waals surface area contributed by atoms with Crippen molar-refractivity contribution in [1.82, 2.24) is 0 Å². The molecule has 0 radical (unpaired) electrons. The van der Waals surface area contributed by atoms with Gasteiger partial charge in [0.2, 0.25) is 0 Å². The Balaban J connectivity index is 2.30. The highest BCUT2D eigenvalue weighted by molar-refractivity contribution is 7.99. The van der Waals surface area contributed by atoms with Gasteiger partial charge in [-0.05, 0) is 24.3 Å². The van der Waals surface area contributed by atoms with Crippen molar-refractivity contribution < 1.29 is 14.2 Å². The maximum Gasteiger partial charge on any atom is 0.284 e. The number of carbonyl (C=O) groups excluding carboxylic acids is 1. The summed E-state index contributed by atoms with van der Waals surface area (Å²) in [5.41, 5.74) is 6.59. The quantitative estimate of drug-likeness (QED) is 0.651.